The Labute approximate surface area is 167 Å². The number of likely N-dealkylation sites (tertiary alicyclic amines) is 1. The van der Waals surface area contributed by atoms with Gasteiger partial charge < -0.3 is 20.3 Å². The lowest BCUT2D eigenvalue weighted by molar-refractivity contribution is -0.142. The lowest BCUT2D eigenvalue weighted by atomic mass is 10.0. The van der Waals surface area contributed by atoms with E-state index in [1.807, 2.05) is 7.05 Å². The first kappa shape index (κ1) is 21.5. The van der Waals surface area contributed by atoms with E-state index in [-0.39, 0.29) is 18.4 Å². The highest BCUT2D eigenvalue weighted by Gasteiger charge is 2.34. The summed E-state index contributed by atoms with van der Waals surface area (Å²) in [6.45, 7) is 3.32. The van der Waals surface area contributed by atoms with E-state index in [0.29, 0.717) is 5.56 Å². The summed E-state index contributed by atoms with van der Waals surface area (Å²) in [5, 5.41) is 8.39. The first-order valence-electron chi connectivity index (χ1n) is 9.49. The van der Waals surface area contributed by atoms with Gasteiger partial charge in [0.05, 0.1) is 30.2 Å². The molecule has 2 aliphatic rings. The number of halogens is 3. The van der Waals surface area contributed by atoms with E-state index in [1.54, 1.807) is 6.92 Å². The maximum Gasteiger partial charge on any atom is 0.416 e. The summed E-state index contributed by atoms with van der Waals surface area (Å²) in [4.78, 5) is 26.7. The maximum absolute atomic E-state index is 12.7. The van der Waals surface area contributed by atoms with Gasteiger partial charge in [0.15, 0.2) is 6.35 Å². The molecule has 0 radical (unpaired) electrons. The van der Waals surface area contributed by atoms with E-state index in [9.17, 15) is 22.8 Å². The molecule has 4 atom stereocenters. The molecular weight excluding hydrogens is 389 g/mol. The number of hydrogen-bond donors (Lipinski definition) is 3. The number of carbonyl (C=O) groups is 2. The number of benzene rings is 1. The average Bonchev–Trinajstić information content (AvgIpc) is 3.05. The van der Waals surface area contributed by atoms with Crippen molar-refractivity contribution < 1.29 is 27.5 Å². The van der Waals surface area contributed by atoms with E-state index in [1.165, 1.54) is 12.1 Å². The van der Waals surface area contributed by atoms with Crippen LogP contribution in [0.25, 0.3) is 0 Å². The van der Waals surface area contributed by atoms with Crippen molar-refractivity contribution in [3.05, 3.63) is 35.4 Å². The fraction of sp³-hybridized carbons (Fsp3) is 0.579. The number of likely N-dealkylation sites (N-methyl/N-ethyl adjacent to an activating group) is 1. The normalized spacial score (nSPS) is 26.8. The zero-order valence-corrected chi connectivity index (χ0v) is 16.3. The monoisotopic (exact) mass is 414 g/mol. The minimum Gasteiger partial charge on any atom is -0.348 e. The predicted octanol–water partition coefficient (Wildman–Crippen LogP) is 1.37. The summed E-state index contributed by atoms with van der Waals surface area (Å²) in [5.41, 5.74) is -0.212. The molecule has 29 heavy (non-hydrogen) atoms. The Bertz CT molecular complexity index is 741. The van der Waals surface area contributed by atoms with Crippen LogP contribution in [0.5, 0.6) is 0 Å². The molecule has 3 N–H and O–H groups in total. The quantitative estimate of drug-likeness (QED) is 0.678. The first-order valence-corrected chi connectivity index (χ1v) is 9.49. The van der Waals surface area contributed by atoms with Gasteiger partial charge in [0.2, 0.25) is 11.8 Å². The number of rotatable bonds is 5. The lowest BCUT2D eigenvalue weighted by Gasteiger charge is -2.32. The third-order valence-corrected chi connectivity index (χ3v) is 5.12. The Morgan fingerprint density at radius 1 is 1.31 bits per heavy atom. The van der Waals surface area contributed by atoms with E-state index in [2.05, 4.69) is 20.9 Å². The van der Waals surface area contributed by atoms with Crippen molar-refractivity contribution in [2.45, 2.75) is 50.5 Å². The number of nitrogens with zero attached hydrogens (tertiary/aromatic N) is 1. The van der Waals surface area contributed by atoms with Crippen molar-refractivity contribution >= 4 is 11.8 Å². The van der Waals surface area contributed by atoms with Crippen LogP contribution in [0.4, 0.5) is 13.2 Å². The van der Waals surface area contributed by atoms with Crippen LogP contribution < -0.4 is 16.0 Å². The highest BCUT2D eigenvalue weighted by atomic mass is 19.4. The first-order chi connectivity index (χ1) is 13.6. The molecule has 0 saturated carbocycles. The minimum absolute atomic E-state index is 0.0364. The summed E-state index contributed by atoms with van der Waals surface area (Å²) in [5.74, 6) is -0.716. The van der Waals surface area contributed by atoms with Gasteiger partial charge in [-0.3, -0.25) is 14.9 Å². The van der Waals surface area contributed by atoms with Crippen molar-refractivity contribution in [1.82, 2.24) is 20.9 Å². The SMILES string of the molecule is CC(NC(=O)C1CC(=O)NC(OC2CCN(C)C2)N1)c1ccc(C(F)(F)F)cc1. The summed E-state index contributed by atoms with van der Waals surface area (Å²) in [6.07, 6.45) is -4.41. The van der Waals surface area contributed by atoms with Crippen molar-refractivity contribution in [2.24, 2.45) is 0 Å². The van der Waals surface area contributed by atoms with Gasteiger partial charge in [0.25, 0.3) is 0 Å². The largest absolute Gasteiger partial charge is 0.416 e. The second kappa shape index (κ2) is 8.68. The van der Waals surface area contributed by atoms with Crippen molar-refractivity contribution in [1.29, 1.82) is 0 Å². The Morgan fingerprint density at radius 2 is 2.00 bits per heavy atom. The van der Waals surface area contributed by atoms with Gasteiger partial charge >= 0.3 is 6.18 Å². The summed E-state index contributed by atoms with van der Waals surface area (Å²) in [6, 6.07) is 3.32. The molecule has 2 amide bonds. The summed E-state index contributed by atoms with van der Waals surface area (Å²) >= 11 is 0. The lowest BCUT2D eigenvalue weighted by Crippen LogP contribution is -2.62. The molecule has 10 heteroatoms. The number of carbonyl (C=O) groups excluding carboxylic acids is 2. The minimum atomic E-state index is -4.41. The third kappa shape index (κ3) is 5.68. The Kier molecular flexibility index (Phi) is 6.45. The van der Waals surface area contributed by atoms with Crippen LogP contribution in [0.1, 0.15) is 36.9 Å². The third-order valence-electron chi connectivity index (χ3n) is 5.12. The van der Waals surface area contributed by atoms with Crippen LogP contribution in [0.3, 0.4) is 0 Å². The van der Waals surface area contributed by atoms with Gasteiger partial charge in [-0.05, 0) is 38.1 Å². The molecule has 2 saturated heterocycles. The highest BCUT2D eigenvalue weighted by molar-refractivity contribution is 5.89. The van der Waals surface area contributed by atoms with E-state index < -0.39 is 36.1 Å². The van der Waals surface area contributed by atoms with Crippen LogP contribution in [-0.4, -0.2) is 55.3 Å². The predicted molar refractivity (Wildman–Crippen MR) is 98.5 cm³/mol. The van der Waals surface area contributed by atoms with E-state index in [0.717, 1.165) is 31.6 Å². The van der Waals surface area contributed by atoms with E-state index in [4.69, 9.17) is 4.74 Å². The van der Waals surface area contributed by atoms with Gasteiger partial charge in [0, 0.05) is 13.1 Å². The zero-order chi connectivity index (χ0) is 21.2. The highest BCUT2D eigenvalue weighted by Crippen LogP contribution is 2.29. The summed E-state index contributed by atoms with van der Waals surface area (Å²) in [7, 11) is 1.98. The molecule has 3 rings (SSSR count). The topological polar surface area (TPSA) is 82.7 Å². The van der Waals surface area contributed by atoms with Gasteiger partial charge in [-0.25, -0.2) is 0 Å². The zero-order valence-electron chi connectivity index (χ0n) is 16.3. The Balaban J connectivity index is 1.56. The Morgan fingerprint density at radius 3 is 2.59 bits per heavy atom. The van der Waals surface area contributed by atoms with Crippen molar-refractivity contribution in [3.8, 4) is 0 Å². The molecule has 1 aromatic carbocycles. The molecule has 4 unspecified atom stereocenters. The van der Waals surface area contributed by atoms with Crippen LogP contribution in [-0.2, 0) is 20.5 Å². The Hall–Kier alpha value is -2.17. The molecule has 160 valence electrons. The van der Waals surface area contributed by atoms with Crippen LogP contribution in [0.2, 0.25) is 0 Å². The van der Waals surface area contributed by atoms with Crippen LogP contribution in [0, 0.1) is 0 Å². The van der Waals surface area contributed by atoms with Crippen LogP contribution >= 0.6 is 0 Å². The molecule has 0 aliphatic carbocycles. The molecule has 7 nitrogen and oxygen atoms in total. The van der Waals surface area contributed by atoms with Gasteiger partial charge in [-0.1, -0.05) is 12.1 Å². The standard InChI is InChI=1S/C19H25F3N4O3/c1-11(12-3-5-13(6-4-12)19(20,21)22)23-17(28)15-9-16(27)25-18(24-15)29-14-7-8-26(2)10-14/h3-6,11,14-15,18,24H,7-10H2,1-2H3,(H,23,28)(H,25,27). The van der Waals surface area contributed by atoms with Crippen LogP contribution in [0.15, 0.2) is 24.3 Å². The van der Waals surface area contributed by atoms with E-state index >= 15 is 0 Å². The molecule has 2 aliphatic heterocycles. The number of alkyl halides is 3. The van der Waals surface area contributed by atoms with Crippen molar-refractivity contribution in [3.63, 3.8) is 0 Å². The molecule has 0 spiro atoms. The molecule has 0 aromatic heterocycles. The second-order valence-corrected chi connectivity index (χ2v) is 7.53. The van der Waals surface area contributed by atoms with Gasteiger partial charge in [-0.15, -0.1) is 0 Å². The number of nitrogens with one attached hydrogen (secondary N) is 3. The number of ether oxygens (including phenoxy) is 1. The molecule has 0 bridgehead atoms. The maximum atomic E-state index is 12.7. The number of amides is 2. The average molecular weight is 414 g/mol. The molecule has 2 fully saturated rings. The van der Waals surface area contributed by atoms with Gasteiger partial charge in [0.1, 0.15) is 0 Å². The van der Waals surface area contributed by atoms with Crippen molar-refractivity contribution in [2.75, 3.05) is 20.1 Å². The fourth-order valence-corrected chi connectivity index (χ4v) is 3.47. The molecular formula is C19H25F3N4O3. The molecule has 1 aromatic rings. The summed E-state index contributed by atoms with van der Waals surface area (Å²) < 4.78 is 43.9. The fourth-order valence-electron chi connectivity index (χ4n) is 3.47. The second-order valence-electron chi connectivity index (χ2n) is 7.53. The molecule has 2 heterocycles. The number of hydrogen-bond acceptors (Lipinski definition) is 5. The smallest absolute Gasteiger partial charge is 0.348 e. The van der Waals surface area contributed by atoms with Gasteiger partial charge in [-0.2, -0.15) is 13.2 Å².